The maximum absolute atomic E-state index is 12.6. The largest absolute Gasteiger partial charge is 0.497 e. The highest BCUT2D eigenvalue weighted by atomic mass is 16.5. The van der Waals surface area contributed by atoms with Crippen LogP contribution < -0.4 is 10.3 Å². The summed E-state index contributed by atoms with van der Waals surface area (Å²) in [6.45, 7) is 2.11. The SMILES string of the molecule is COc1ccc(Cn2cc(C)n3ncc(C(=O)O)c3c2=O)cc1. The summed E-state index contributed by atoms with van der Waals surface area (Å²) in [7, 11) is 1.59. The first-order chi connectivity index (χ1) is 11.0. The Kier molecular flexibility index (Phi) is 3.61. The van der Waals surface area contributed by atoms with E-state index in [9.17, 15) is 14.7 Å². The number of carboxylic acids is 1. The van der Waals surface area contributed by atoms with Crippen molar-refractivity contribution < 1.29 is 14.6 Å². The molecule has 0 aliphatic rings. The Morgan fingerprint density at radius 1 is 1.30 bits per heavy atom. The molecule has 1 aromatic carbocycles. The zero-order valence-corrected chi connectivity index (χ0v) is 12.7. The molecule has 0 aliphatic carbocycles. The summed E-state index contributed by atoms with van der Waals surface area (Å²) in [4.78, 5) is 23.9. The van der Waals surface area contributed by atoms with Crippen molar-refractivity contribution in [1.82, 2.24) is 14.2 Å². The lowest BCUT2D eigenvalue weighted by atomic mass is 10.2. The lowest BCUT2D eigenvalue weighted by molar-refractivity contribution is 0.0699. The molecule has 7 nitrogen and oxygen atoms in total. The summed E-state index contributed by atoms with van der Waals surface area (Å²) in [6, 6.07) is 7.35. The van der Waals surface area contributed by atoms with Gasteiger partial charge in [0.2, 0.25) is 0 Å². The molecule has 1 N–H and O–H groups in total. The third kappa shape index (κ3) is 2.57. The van der Waals surface area contributed by atoms with Crippen LogP contribution in [0.5, 0.6) is 5.75 Å². The quantitative estimate of drug-likeness (QED) is 0.790. The fraction of sp³-hybridized carbons (Fsp3) is 0.188. The van der Waals surface area contributed by atoms with E-state index in [0.717, 1.165) is 11.3 Å². The summed E-state index contributed by atoms with van der Waals surface area (Å²) in [5, 5.41) is 13.2. The Hall–Kier alpha value is -3.09. The first-order valence-corrected chi connectivity index (χ1v) is 6.95. The molecule has 0 bridgehead atoms. The van der Waals surface area contributed by atoms with E-state index in [1.807, 2.05) is 24.3 Å². The molecule has 0 saturated carbocycles. The molecule has 23 heavy (non-hydrogen) atoms. The van der Waals surface area contributed by atoms with Gasteiger partial charge in [-0.05, 0) is 24.6 Å². The molecule has 0 amide bonds. The van der Waals surface area contributed by atoms with Crippen LogP contribution in [0.15, 0.2) is 41.5 Å². The Labute approximate surface area is 131 Å². The van der Waals surface area contributed by atoms with Crippen LogP contribution in [-0.2, 0) is 6.54 Å². The number of ether oxygens (including phenoxy) is 1. The molecule has 0 unspecified atom stereocenters. The van der Waals surface area contributed by atoms with Crippen LogP contribution in [0, 0.1) is 6.92 Å². The van der Waals surface area contributed by atoms with Gasteiger partial charge in [0.1, 0.15) is 16.8 Å². The topological polar surface area (TPSA) is 85.8 Å². The van der Waals surface area contributed by atoms with Crippen LogP contribution in [-0.4, -0.2) is 32.4 Å². The van der Waals surface area contributed by atoms with Crippen molar-refractivity contribution in [2.45, 2.75) is 13.5 Å². The highest BCUT2D eigenvalue weighted by Gasteiger charge is 2.17. The number of carboxylic acid groups (broad SMARTS) is 1. The first-order valence-electron chi connectivity index (χ1n) is 6.95. The molecule has 2 aromatic heterocycles. The van der Waals surface area contributed by atoms with Crippen molar-refractivity contribution in [1.29, 1.82) is 0 Å². The second kappa shape index (κ2) is 5.60. The van der Waals surface area contributed by atoms with E-state index < -0.39 is 5.97 Å². The van der Waals surface area contributed by atoms with Crippen LogP contribution in [0.4, 0.5) is 0 Å². The zero-order valence-electron chi connectivity index (χ0n) is 12.7. The summed E-state index contributed by atoms with van der Waals surface area (Å²) in [5.74, 6) is -0.435. The molecular weight excluding hydrogens is 298 g/mol. The Morgan fingerprint density at radius 3 is 2.61 bits per heavy atom. The Morgan fingerprint density at radius 2 is 2.00 bits per heavy atom. The molecule has 7 heteroatoms. The van der Waals surface area contributed by atoms with E-state index in [2.05, 4.69) is 5.10 Å². The van der Waals surface area contributed by atoms with Gasteiger partial charge in [-0.1, -0.05) is 12.1 Å². The van der Waals surface area contributed by atoms with Gasteiger partial charge in [0, 0.05) is 6.20 Å². The summed E-state index contributed by atoms with van der Waals surface area (Å²) in [6.07, 6.45) is 2.86. The number of aromatic nitrogens is 3. The molecule has 0 radical (unpaired) electrons. The smallest absolute Gasteiger partial charge is 0.339 e. The molecule has 0 saturated heterocycles. The van der Waals surface area contributed by atoms with Crippen LogP contribution in [0.1, 0.15) is 21.6 Å². The van der Waals surface area contributed by atoms with Gasteiger partial charge in [0.25, 0.3) is 5.56 Å². The minimum absolute atomic E-state index is 0.0750. The van der Waals surface area contributed by atoms with Gasteiger partial charge in [0.15, 0.2) is 0 Å². The van der Waals surface area contributed by atoms with Gasteiger partial charge >= 0.3 is 5.97 Å². The summed E-state index contributed by atoms with van der Waals surface area (Å²) in [5.41, 5.74) is 1.18. The average molecular weight is 313 g/mol. The predicted octanol–water partition coefficient (Wildman–Crippen LogP) is 1.56. The second-order valence-electron chi connectivity index (χ2n) is 5.18. The average Bonchev–Trinajstić information content (AvgIpc) is 2.99. The fourth-order valence-corrected chi connectivity index (χ4v) is 2.50. The van der Waals surface area contributed by atoms with Gasteiger partial charge in [0.05, 0.1) is 25.5 Å². The van der Waals surface area contributed by atoms with Gasteiger partial charge in [-0.3, -0.25) is 4.79 Å². The summed E-state index contributed by atoms with van der Waals surface area (Å²) < 4.78 is 7.95. The normalized spacial score (nSPS) is 10.9. The number of hydrogen-bond donors (Lipinski definition) is 1. The monoisotopic (exact) mass is 313 g/mol. The van der Waals surface area contributed by atoms with Crippen molar-refractivity contribution >= 4 is 11.5 Å². The van der Waals surface area contributed by atoms with Gasteiger partial charge in [-0.25, -0.2) is 9.31 Å². The number of methoxy groups -OCH3 is 1. The van der Waals surface area contributed by atoms with E-state index in [4.69, 9.17) is 4.74 Å². The molecule has 3 rings (SSSR count). The van der Waals surface area contributed by atoms with Crippen molar-refractivity contribution in [3.8, 4) is 5.75 Å². The standard InChI is InChI=1S/C16H15N3O4/c1-10-8-18(9-11-3-5-12(23-2)6-4-11)15(20)14-13(16(21)22)7-17-19(10)14/h3-8H,9H2,1-2H3,(H,21,22). The summed E-state index contributed by atoms with van der Waals surface area (Å²) >= 11 is 0. The number of benzene rings is 1. The molecular formula is C16H15N3O4. The maximum atomic E-state index is 12.6. The van der Waals surface area contributed by atoms with E-state index in [1.54, 1.807) is 20.2 Å². The predicted molar refractivity (Wildman–Crippen MR) is 83.2 cm³/mol. The van der Waals surface area contributed by atoms with Crippen LogP contribution in [0.2, 0.25) is 0 Å². The number of nitrogens with zero attached hydrogens (tertiary/aromatic N) is 3. The van der Waals surface area contributed by atoms with Gasteiger partial charge in [-0.2, -0.15) is 5.10 Å². The lowest BCUT2D eigenvalue weighted by Crippen LogP contribution is -2.24. The highest BCUT2D eigenvalue weighted by molar-refractivity contribution is 5.95. The molecule has 0 spiro atoms. The molecule has 2 heterocycles. The Balaban J connectivity index is 2.10. The number of fused-ring (bicyclic) bond motifs is 1. The fourth-order valence-electron chi connectivity index (χ4n) is 2.50. The molecule has 0 fully saturated rings. The van der Waals surface area contributed by atoms with Crippen LogP contribution in [0.3, 0.4) is 0 Å². The highest BCUT2D eigenvalue weighted by Crippen LogP contribution is 2.13. The molecule has 0 atom stereocenters. The third-order valence-corrected chi connectivity index (χ3v) is 3.65. The number of rotatable bonds is 4. The van der Waals surface area contributed by atoms with E-state index in [1.165, 1.54) is 15.3 Å². The van der Waals surface area contributed by atoms with Crippen molar-refractivity contribution in [2.24, 2.45) is 0 Å². The molecule has 3 aromatic rings. The number of aryl methyl sites for hydroxylation is 1. The van der Waals surface area contributed by atoms with Crippen molar-refractivity contribution in [2.75, 3.05) is 7.11 Å². The van der Waals surface area contributed by atoms with Gasteiger partial charge < -0.3 is 14.4 Å². The van der Waals surface area contributed by atoms with Crippen LogP contribution in [0.25, 0.3) is 5.52 Å². The minimum atomic E-state index is -1.17. The minimum Gasteiger partial charge on any atom is -0.497 e. The van der Waals surface area contributed by atoms with E-state index in [0.29, 0.717) is 12.2 Å². The molecule has 118 valence electrons. The number of aromatic carboxylic acids is 1. The number of hydrogen-bond acceptors (Lipinski definition) is 4. The van der Waals surface area contributed by atoms with E-state index >= 15 is 0 Å². The third-order valence-electron chi connectivity index (χ3n) is 3.65. The number of carbonyl (C=O) groups is 1. The zero-order chi connectivity index (χ0) is 16.6. The Bertz CT molecular complexity index is 938. The lowest BCUT2D eigenvalue weighted by Gasteiger charge is -2.09. The van der Waals surface area contributed by atoms with Crippen molar-refractivity contribution in [3.63, 3.8) is 0 Å². The van der Waals surface area contributed by atoms with Crippen LogP contribution >= 0.6 is 0 Å². The van der Waals surface area contributed by atoms with Gasteiger partial charge in [-0.15, -0.1) is 0 Å². The maximum Gasteiger partial charge on any atom is 0.339 e. The van der Waals surface area contributed by atoms with Crippen molar-refractivity contribution in [3.05, 3.63) is 63.8 Å². The second-order valence-corrected chi connectivity index (χ2v) is 5.18. The molecule has 0 aliphatic heterocycles. The first kappa shape index (κ1) is 14.8. The van der Waals surface area contributed by atoms with E-state index in [-0.39, 0.29) is 16.6 Å².